The van der Waals surface area contributed by atoms with Crippen LogP contribution >= 0.6 is 23.2 Å². The summed E-state index contributed by atoms with van der Waals surface area (Å²) in [6.45, 7) is 4.23. The number of aliphatic hydroxyl groups is 1. The molecule has 0 spiro atoms. The number of hydrogen-bond donors (Lipinski definition) is 1. The lowest BCUT2D eigenvalue weighted by Crippen LogP contribution is -2.38. The first-order valence-corrected chi connectivity index (χ1v) is 11.8. The van der Waals surface area contributed by atoms with Crippen molar-refractivity contribution in [3.8, 4) is 5.75 Å². The van der Waals surface area contributed by atoms with Crippen molar-refractivity contribution in [3.05, 3.63) is 69.2 Å². The predicted octanol–water partition coefficient (Wildman–Crippen LogP) is 4.15. The molecule has 4 rings (SSSR count). The number of methoxy groups -OCH3 is 1. The van der Waals surface area contributed by atoms with Crippen LogP contribution in [-0.4, -0.2) is 73.1 Å². The van der Waals surface area contributed by atoms with E-state index in [1.54, 1.807) is 36.4 Å². The number of carbonyl (C=O) groups excluding carboxylic acids is 2. The molecule has 0 unspecified atom stereocenters. The first-order valence-electron chi connectivity index (χ1n) is 11.1. The number of amides is 1. The molecular formula is C25H26Cl2N2O5. The molecule has 1 N–H and O–H groups in total. The molecule has 0 aliphatic carbocycles. The fourth-order valence-electron chi connectivity index (χ4n) is 4.36. The Balaban J connectivity index is 1.68. The van der Waals surface area contributed by atoms with Gasteiger partial charge in [-0.25, -0.2) is 0 Å². The van der Waals surface area contributed by atoms with E-state index in [9.17, 15) is 14.7 Å². The predicted molar refractivity (Wildman–Crippen MR) is 130 cm³/mol. The zero-order valence-electron chi connectivity index (χ0n) is 18.8. The molecule has 0 bridgehead atoms. The van der Waals surface area contributed by atoms with Crippen molar-refractivity contribution in [2.24, 2.45) is 0 Å². The molecule has 9 heteroatoms. The molecule has 180 valence electrons. The number of ketones is 1. The van der Waals surface area contributed by atoms with Gasteiger partial charge in [0.15, 0.2) is 0 Å². The van der Waals surface area contributed by atoms with Gasteiger partial charge in [0.2, 0.25) is 0 Å². The fraction of sp³-hybridized carbons (Fsp3) is 0.360. The van der Waals surface area contributed by atoms with Crippen LogP contribution in [0.5, 0.6) is 5.75 Å². The number of halogens is 2. The molecule has 0 radical (unpaired) electrons. The number of morpholine rings is 1. The lowest BCUT2D eigenvalue weighted by molar-refractivity contribution is -0.140. The Kier molecular flexibility index (Phi) is 7.78. The van der Waals surface area contributed by atoms with Crippen LogP contribution in [0.1, 0.15) is 23.6 Å². The molecule has 2 aromatic carbocycles. The van der Waals surface area contributed by atoms with Crippen LogP contribution < -0.4 is 4.74 Å². The van der Waals surface area contributed by atoms with Crippen molar-refractivity contribution in [2.45, 2.75) is 12.5 Å². The monoisotopic (exact) mass is 504 g/mol. The lowest BCUT2D eigenvalue weighted by atomic mass is 9.95. The maximum absolute atomic E-state index is 13.1. The van der Waals surface area contributed by atoms with Crippen molar-refractivity contribution < 1.29 is 24.2 Å². The van der Waals surface area contributed by atoms with E-state index in [0.29, 0.717) is 48.1 Å². The molecule has 0 aromatic heterocycles. The Morgan fingerprint density at radius 1 is 1.09 bits per heavy atom. The van der Waals surface area contributed by atoms with Crippen molar-refractivity contribution >= 4 is 40.7 Å². The number of hydrogen-bond acceptors (Lipinski definition) is 6. The molecule has 0 saturated carbocycles. The number of likely N-dealkylation sites (tertiary alicyclic amines) is 1. The minimum absolute atomic E-state index is 0.0277. The minimum atomic E-state index is -0.733. The topological polar surface area (TPSA) is 79.3 Å². The lowest BCUT2D eigenvalue weighted by Gasteiger charge is -2.29. The number of ether oxygens (including phenoxy) is 2. The van der Waals surface area contributed by atoms with Gasteiger partial charge >= 0.3 is 0 Å². The van der Waals surface area contributed by atoms with E-state index in [-0.39, 0.29) is 16.4 Å². The SMILES string of the molecule is COc1ccc(C(O)=C2C(=O)C(=O)N(CCCN3CCOCC3)[C@H]2c2ccc(Cl)cc2)cc1Cl. The quantitative estimate of drug-likeness (QED) is 0.346. The van der Waals surface area contributed by atoms with Crippen LogP contribution in [0, 0.1) is 0 Å². The van der Waals surface area contributed by atoms with Gasteiger partial charge in [-0.15, -0.1) is 0 Å². The normalized spacial score (nSPS) is 20.7. The third-order valence-corrected chi connectivity index (χ3v) is 6.68. The van der Waals surface area contributed by atoms with Crippen LogP contribution in [0.3, 0.4) is 0 Å². The van der Waals surface area contributed by atoms with Gasteiger partial charge in [0.05, 0.1) is 37.0 Å². The van der Waals surface area contributed by atoms with Gasteiger partial charge in [-0.05, 0) is 42.3 Å². The number of carbonyl (C=O) groups is 2. The standard InChI is InChI=1S/C25H26Cl2N2O5/c1-33-20-8-5-17(15-19(20)27)23(30)21-22(16-3-6-18(26)7-4-16)29(25(32)24(21)31)10-2-9-28-11-13-34-14-12-28/h3-8,15,22,30H,2,9-14H2,1H3/t22-/m0/s1. The number of nitrogens with zero attached hydrogens (tertiary/aromatic N) is 2. The molecule has 2 aliphatic heterocycles. The van der Waals surface area contributed by atoms with Crippen molar-refractivity contribution in [1.29, 1.82) is 0 Å². The molecule has 7 nitrogen and oxygen atoms in total. The summed E-state index contributed by atoms with van der Waals surface area (Å²) in [5.74, 6) is -1.20. The first-order chi connectivity index (χ1) is 16.4. The second-order valence-corrected chi connectivity index (χ2v) is 9.04. The van der Waals surface area contributed by atoms with Crippen LogP contribution in [0.2, 0.25) is 10.0 Å². The fourth-order valence-corrected chi connectivity index (χ4v) is 4.74. The van der Waals surface area contributed by atoms with Crippen molar-refractivity contribution in [3.63, 3.8) is 0 Å². The van der Waals surface area contributed by atoms with Gasteiger partial charge in [0.1, 0.15) is 11.5 Å². The molecule has 1 atom stereocenters. The van der Waals surface area contributed by atoms with E-state index in [4.69, 9.17) is 32.7 Å². The Hall–Kier alpha value is -2.58. The van der Waals surface area contributed by atoms with Gasteiger partial charge in [-0.1, -0.05) is 35.3 Å². The van der Waals surface area contributed by atoms with E-state index >= 15 is 0 Å². The Morgan fingerprint density at radius 3 is 2.44 bits per heavy atom. The summed E-state index contributed by atoms with van der Waals surface area (Å²) in [6, 6.07) is 10.9. The summed E-state index contributed by atoms with van der Waals surface area (Å²) in [6.07, 6.45) is 0.686. The second-order valence-electron chi connectivity index (χ2n) is 8.20. The van der Waals surface area contributed by atoms with Crippen LogP contribution in [-0.2, 0) is 14.3 Å². The molecule has 2 heterocycles. The number of aliphatic hydroxyl groups excluding tert-OH is 1. The van der Waals surface area contributed by atoms with Crippen LogP contribution in [0.15, 0.2) is 48.0 Å². The summed E-state index contributed by atoms with van der Waals surface area (Å²) in [5.41, 5.74) is 1.05. The molecular weight excluding hydrogens is 479 g/mol. The van der Waals surface area contributed by atoms with E-state index in [1.165, 1.54) is 18.1 Å². The van der Waals surface area contributed by atoms with Crippen LogP contribution in [0.25, 0.3) is 5.76 Å². The Morgan fingerprint density at radius 2 is 1.79 bits per heavy atom. The first kappa shape index (κ1) is 24.5. The van der Waals surface area contributed by atoms with Gasteiger partial charge in [-0.3, -0.25) is 14.5 Å². The van der Waals surface area contributed by atoms with E-state index in [0.717, 1.165) is 19.6 Å². The highest BCUT2D eigenvalue weighted by Crippen LogP contribution is 2.40. The van der Waals surface area contributed by atoms with Crippen LogP contribution in [0.4, 0.5) is 0 Å². The number of benzene rings is 2. The summed E-state index contributed by atoms with van der Waals surface area (Å²) >= 11 is 12.3. The van der Waals surface area contributed by atoms with E-state index in [1.807, 2.05) is 0 Å². The third kappa shape index (κ3) is 5.08. The van der Waals surface area contributed by atoms with Gasteiger partial charge in [0.25, 0.3) is 11.7 Å². The molecule has 1 amide bonds. The van der Waals surface area contributed by atoms with Crippen molar-refractivity contribution in [2.75, 3.05) is 46.5 Å². The second kappa shape index (κ2) is 10.8. The maximum Gasteiger partial charge on any atom is 0.295 e. The Bertz CT molecular complexity index is 1100. The molecule has 2 fully saturated rings. The van der Waals surface area contributed by atoms with Gasteiger partial charge < -0.3 is 19.5 Å². The van der Waals surface area contributed by atoms with E-state index in [2.05, 4.69) is 4.90 Å². The highest BCUT2D eigenvalue weighted by molar-refractivity contribution is 6.46. The molecule has 34 heavy (non-hydrogen) atoms. The maximum atomic E-state index is 13.1. The van der Waals surface area contributed by atoms with E-state index < -0.39 is 17.7 Å². The highest BCUT2D eigenvalue weighted by atomic mass is 35.5. The summed E-state index contributed by atoms with van der Waals surface area (Å²) in [7, 11) is 1.49. The third-order valence-electron chi connectivity index (χ3n) is 6.13. The average molecular weight is 505 g/mol. The zero-order valence-corrected chi connectivity index (χ0v) is 20.3. The molecule has 2 aliphatic rings. The number of rotatable bonds is 7. The summed E-state index contributed by atoms with van der Waals surface area (Å²) in [4.78, 5) is 30.0. The van der Waals surface area contributed by atoms with Gasteiger partial charge in [-0.2, -0.15) is 0 Å². The molecule has 2 aromatic rings. The largest absolute Gasteiger partial charge is 0.507 e. The molecule has 2 saturated heterocycles. The smallest absolute Gasteiger partial charge is 0.295 e. The van der Waals surface area contributed by atoms with Crippen molar-refractivity contribution in [1.82, 2.24) is 9.80 Å². The Labute approximate surface area is 208 Å². The zero-order chi connectivity index (χ0) is 24.2. The summed E-state index contributed by atoms with van der Waals surface area (Å²) < 4.78 is 10.6. The highest BCUT2D eigenvalue weighted by Gasteiger charge is 2.45. The summed E-state index contributed by atoms with van der Waals surface area (Å²) in [5, 5.41) is 12.0. The number of Topliss-reactive ketones (excluding diaryl/α,β-unsaturated/α-hetero) is 1. The average Bonchev–Trinajstić information content (AvgIpc) is 3.09. The minimum Gasteiger partial charge on any atom is -0.507 e. The van der Waals surface area contributed by atoms with Gasteiger partial charge in [0, 0.05) is 36.8 Å².